The van der Waals surface area contributed by atoms with Crippen LogP contribution < -0.4 is 5.32 Å². The van der Waals surface area contributed by atoms with E-state index in [1.54, 1.807) is 6.07 Å². The summed E-state index contributed by atoms with van der Waals surface area (Å²) in [7, 11) is 0. The van der Waals surface area contributed by atoms with Crippen molar-refractivity contribution in [2.24, 2.45) is 0 Å². The predicted molar refractivity (Wildman–Crippen MR) is 68.4 cm³/mol. The van der Waals surface area contributed by atoms with Crippen LogP contribution in [-0.4, -0.2) is 17.6 Å². The van der Waals surface area contributed by atoms with Crippen molar-refractivity contribution in [2.45, 2.75) is 25.7 Å². The van der Waals surface area contributed by atoms with Crippen LogP contribution in [0.15, 0.2) is 29.8 Å². The summed E-state index contributed by atoms with van der Waals surface area (Å²) in [6.45, 7) is 0.634. The fourth-order valence-corrected chi connectivity index (χ4v) is 2.21. The molecule has 0 amide bonds. The van der Waals surface area contributed by atoms with Gasteiger partial charge in [0.25, 0.3) is 0 Å². The van der Waals surface area contributed by atoms with Gasteiger partial charge in [-0.1, -0.05) is 17.7 Å². The topological polar surface area (TPSA) is 49.3 Å². The smallest absolute Gasteiger partial charge is 0.340 e. The summed E-state index contributed by atoms with van der Waals surface area (Å²) in [5, 5.41) is 12.0. The van der Waals surface area contributed by atoms with E-state index in [2.05, 4.69) is 11.4 Å². The Morgan fingerprint density at radius 2 is 2.28 bits per heavy atom. The molecule has 0 radical (unpaired) electrons. The number of allylic oxidation sites excluding steroid dienone is 1. The molecule has 1 aromatic carbocycles. The zero-order chi connectivity index (χ0) is 13.0. The second-order valence-electron chi connectivity index (χ2n) is 4.40. The van der Waals surface area contributed by atoms with Crippen LogP contribution in [-0.2, 0) is 0 Å². The van der Waals surface area contributed by atoms with Crippen LogP contribution in [0.2, 0.25) is 0 Å². The maximum atomic E-state index is 13.4. The van der Waals surface area contributed by atoms with Gasteiger partial charge < -0.3 is 10.4 Å². The summed E-state index contributed by atoms with van der Waals surface area (Å²) in [6, 6.07) is 4.27. The van der Waals surface area contributed by atoms with Gasteiger partial charge >= 0.3 is 5.97 Å². The molecule has 2 N–H and O–H groups in total. The number of anilines is 1. The van der Waals surface area contributed by atoms with Crippen LogP contribution in [0.25, 0.3) is 0 Å². The van der Waals surface area contributed by atoms with Gasteiger partial charge in [0.05, 0.1) is 5.69 Å². The third-order valence-electron chi connectivity index (χ3n) is 3.12. The SMILES string of the molecule is O=C(O)c1c(F)cccc1NCCC1=CCCC1. The zero-order valence-corrected chi connectivity index (χ0v) is 10.1. The number of hydrogen-bond donors (Lipinski definition) is 2. The average Bonchev–Trinajstić information content (AvgIpc) is 2.81. The first kappa shape index (κ1) is 12.6. The maximum Gasteiger partial charge on any atom is 0.340 e. The molecule has 0 aromatic heterocycles. The summed E-state index contributed by atoms with van der Waals surface area (Å²) in [6.07, 6.45) is 6.57. The molecule has 0 bridgehead atoms. The summed E-state index contributed by atoms with van der Waals surface area (Å²) >= 11 is 0. The lowest BCUT2D eigenvalue weighted by Crippen LogP contribution is -2.10. The number of carboxylic acids is 1. The molecule has 0 spiro atoms. The lowest BCUT2D eigenvalue weighted by molar-refractivity contribution is 0.0693. The highest BCUT2D eigenvalue weighted by Gasteiger charge is 2.15. The average molecular weight is 249 g/mol. The van der Waals surface area contributed by atoms with Crippen LogP contribution in [0.5, 0.6) is 0 Å². The van der Waals surface area contributed by atoms with Gasteiger partial charge in [-0.3, -0.25) is 0 Å². The van der Waals surface area contributed by atoms with Crippen LogP contribution in [0.4, 0.5) is 10.1 Å². The fourth-order valence-electron chi connectivity index (χ4n) is 2.21. The van der Waals surface area contributed by atoms with Crippen molar-refractivity contribution in [3.8, 4) is 0 Å². The fraction of sp³-hybridized carbons (Fsp3) is 0.357. The Kier molecular flexibility index (Phi) is 3.97. The van der Waals surface area contributed by atoms with Gasteiger partial charge in [-0.15, -0.1) is 0 Å². The van der Waals surface area contributed by atoms with Crippen molar-refractivity contribution in [3.05, 3.63) is 41.2 Å². The van der Waals surface area contributed by atoms with E-state index < -0.39 is 11.8 Å². The largest absolute Gasteiger partial charge is 0.478 e. The second kappa shape index (κ2) is 5.67. The molecular weight excluding hydrogens is 233 g/mol. The van der Waals surface area contributed by atoms with Crippen LogP contribution >= 0.6 is 0 Å². The van der Waals surface area contributed by atoms with E-state index in [4.69, 9.17) is 5.11 Å². The number of nitrogens with one attached hydrogen (secondary N) is 1. The molecule has 0 saturated carbocycles. The maximum absolute atomic E-state index is 13.4. The molecular formula is C14H16FNO2. The highest BCUT2D eigenvalue weighted by atomic mass is 19.1. The summed E-state index contributed by atoms with van der Waals surface area (Å²) < 4.78 is 13.4. The van der Waals surface area contributed by atoms with Gasteiger partial charge in [0.2, 0.25) is 0 Å². The molecule has 0 unspecified atom stereocenters. The zero-order valence-electron chi connectivity index (χ0n) is 10.1. The summed E-state index contributed by atoms with van der Waals surface area (Å²) in [4.78, 5) is 11.0. The van der Waals surface area contributed by atoms with Gasteiger partial charge in [0, 0.05) is 6.54 Å². The van der Waals surface area contributed by atoms with Crippen molar-refractivity contribution >= 4 is 11.7 Å². The molecule has 96 valence electrons. The molecule has 4 heteroatoms. The minimum atomic E-state index is -1.24. The molecule has 0 atom stereocenters. The monoisotopic (exact) mass is 249 g/mol. The van der Waals surface area contributed by atoms with Crippen molar-refractivity contribution in [2.75, 3.05) is 11.9 Å². The predicted octanol–water partition coefficient (Wildman–Crippen LogP) is 3.44. The second-order valence-corrected chi connectivity index (χ2v) is 4.40. The molecule has 1 aliphatic rings. The van der Waals surface area contributed by atoms with Crippen LogP contribution in [0.1, 0.15) is 36.0 Å². The van der Waals surface area contributed by atoms with Crippen molar-refractivity contribution in [1.82, 2.24) is 0 Å². The van der Waals surface area contributed by atoms with Crippen molar-refractivity contribution in [3.63, 3.8) is 0 Å². The highest BCUT2D eigenvalue weighted by molar-refractivity contribution is 5.94. The lowest BCUT2D eigenvalue weighted by atomic mass is 10.1. The first-order chi connectivity index (χ1) is 8.68. The van der Waals surface area contributed by atoms with E-state index in [1.807, 2.05) is 0 Å². The van der Waals surface area contributed by atoms with Gasteiger partial charge in [0.15, 0.2) is 0 Å². The number of carboxylic acid groups (broad SMARTS) is 1. The van der Waals surface area contributed by atoms with Crippen molar-refractivity contribution in [1.29, 1.82) is 0 Å². The molecule has 1 aromatic rings. The number of hydrogen-bond acceptors (Lipinski definition) is 2. The van der Waals surface area contributed by atoms with E-state index in [0.29, 0.717) is 12.2 Å². The number of benzene rings is 1. The van der Waals surface area contributed by atoms with Gasteiger partial charge in [-0.05, 0) is 37.8 Å². The van der Waals surface area contributed by atoms with E-state index in [0.717, 1.165) is 25.3 Å². The summed E-state index contributed by atoms with van der Waals surface area (Å²) in [5.41, 5.74) is 1.47. The minimum absolute atomic E-state index is 0.280. The van der Waals surface area contributed by atoms with Crippen LogP contribution in [0.3, 0.4) is 0 Å². The lowest BCUT2D eigenvalue weighted by Gasteiger charge is -2.10. The minimum Gasteiger partial charge on any atom is -0.478 e. The Morgan fingerprint density at radius 3 is 2.94 bits per heavy atom. The highest BCUT2D eigenvalue weighted by Crippen LogP contribution is 2.22. The molecule has 3 nitrogen and oxygen atoms in total. The van der Waals surface area contributed by atoms with E-state index >= 15 is 0 Å². The number of carbonyl (C=O) groups is 1. The van der Waals surface area contributed by atoms with Gasteiger partial charge in [-0.2, -0.15) is 0 Å². The van der Waals surface area contributed by atoms with Gasteiger partial charge in [-0.25, -0.2) is 9.18 Å². The third kappa shape index (κ3) is 2.88. The normalized spacial score (nSPS) is 14.4. The Bertz CT molecular complexity index is 483. The Morgan fingerprint density at radius 1 is 1.44 bits per heavy atom. The number of halogens is 1. The molecule has 0 aliphatic heterocycles. The van der Waals surface area contributed by atoms with Crippen LogP contribution in [0, 0.1) is 5.82 Å². The Hall–Kier alpha value is -1.84. The Labute approximate surface area is 105 Å². The van der Waals surface area contributed by atoms with E-state index in [-0.39, 0.29) is 5.56 Å². The number of aromatic carboxylic acids is 1. The third-order valence-corrected chi connectivity index (χ3v) is 3.12. The summed E-state index contributed by atoms with van der Waals surface area (Å²) in [5.74, 6) is -1.94. The molecule has 1 aliphatic carbocycles. The molecule has 0 heterocycles. The van der Waals surface area contributed by atoms with Gasteiger partial charge in [0.1, 0.15) is 11.4 Å². The molecule has 0 saturated heterocycles. The number of rotatable bonds is 5. The molecule has 0 fully saturated rings. The van der Waals surface area contributed by atoms with Crippen molar-refractivity contribution < 1.29 is 14.3 Å². The molecule has 18 heavy (non-hydrogen) atoms. The van der Waals surface area contributed by atoms with E-state index in [9.17, 15) is 9.18 Å². The molecule has 2 rings (SSSR count). The standard InChI is InChI=1S/C14H16FNO2/c15-11-6-3-7-12(13(11)14(17)18)16-9-8-10-4-1-2-5-10/h3-4,6-7,16H,1-2,5,8-9H2,(H,17,18). The Balaban J connectivity index is 2.00. The first-order valence-corrected chi connectivity index (χ1v) is 6.12. The first-order valence-electron chi connectivity index (χ1n) is 6.12. The quantitative estimate of drug-likeness (QED) is 0.786. The van der Waals surface area contributed by atoms with E-state index in [1.165, 1.54) is 18.1 Å².